The van der Waals surface area contributed by atoms with Crippen LogP contribution < -0.4 is 10.6 Å². The summed E-state index contributed by atoms with van der Waals surface area (Å²) < 4.78 is 5.40. The standard InChI is InChI=1S/C14H26N2O2/c1-2-15-13-10-18-9-12(13)14(17)16-8-7-11-5-3-4-6-11/h11-13,15H,2-10H2,1H3,(H,16,17). The Labute approximate surface area is 110 Å². The molecule has 0 spiro atoms. The van der Waals surface area contributed by atoms with E-state index in [9.17, 15) is 4.79 Å². The SMILES string of the molecule is CCNC1COCC1C(=O)NCCC1CCCC1. The second kappa shape index (κ2) is 7.10. The number of ether oxygens (including phenoxy) is 1. The molecule has 0 aromatic heterocycles. The summed E-state index contributed by atoms with van der Waals surface area (Å²) in [4.78, 5) is 12.1. The van der Waals surface area contributed by atoms with E-state index in [0.717, 1.165) is 25.4 Å². The number of hydrogen-bond donors (Lipinski definition) is 2. The van der Waals surface area contributed by atoms with E-state index in [0.29, 0.717) is 13.2 Å². The molecule has 0 aromatic rings. The number of hydrogen-bond acceptors (Lipinski definition) is 3. The first kappa shape index (κ1) is 13.8. The van der Waals surface area contributed by atoms with Crippen LogP contribution in [0.5, 0.6) is 0 Å². The van der Waals surface area contributed by atoms with Gasteiger partial charge in [0, 0.05) is 12.6 Å². The second-order valence-electron chi connectivity index (χ2n) is 5.54. The Hall–Kier alpha value is -0.610. The summed E-state index contributed by atoms with van der Waals surface area (Å²) in [6.07, 6.45) is 6.59. The Kier molecular flexibility index (Phi) is 5.45. The van der Waals surface area contributed by atoms with E-state index in [1.807, 2.05) is 0 Å². The molecule has 0 radical (unpaired) electrons. The van der Waals surface area contributed by atoms with Gasteiger partial charge in [0.15, 0.2) is 0 Å². The van der Waals surface area contributed by atoms with Crippen molar-refractivity contribution in [2.45, 2.75) is 45.1 Å². The molecule has 1 aliphatic heterocycles. The van der Waals surface area contributed by atoms with E-state index in [4.69, 9.17) is 4.74 Å². The lowest BCUT2D eigenvalue weighted by atomic mass is 10.0. The first-order valence-corrected chi connectivity index (χ1v) is 7.40. The Morgan fingerprint density at radius 3 is 2.78 bits per heavy atom. The van der Waals surface area contributed by atoms with E-state index in [2.05, 4.69) is 17.6 Å². The van der Waals surface area contributed by atoms with Crippen LogP contribution >= 0.6 is 0 Å². The van der Waals surface area contributed by atoms with E-state index < -0.39 is 0 Å². The van der Waals surface area contributed by atoms with Crippen LogP contribution in [-0.2, 0) is 9.53 Å². The number of carbonyl (C=O) groups excluding carboxylic acids is 1. The molecule has 1 saturated carbocycles. The molecule has 1 amide bonds. The van der Waals surface area contributed by atoms with Gasteiger partial charge < -0.3 is 15.4 Å². The molecule has 18 heavy (non-hydrogen) atoms. The van der Waals surface area contributed by atoms with Crippen molar-refractivity contribution in [1.82, 2.24) is 10.6 Å². The molecule has 1 aliphatic carbocycles. The zero-order valence-corrected chi connectivity index (χ0v) is 11.4. The lowest BCUT2D eigenvalue weighted by Crippen LogP contribution is -2.44. The average Bonchev–Trinajstić information content (AvgIpc) is 3.00. The van der Waals surface area contributed by atoms with E-state index in [1.165, 1.54) is 25.7 Å². The van der Waals surface area contributed by atoms with Crippen molar-refractivity contribution in [3.8, 4) is 0 Å². The van der Waals surface area contributed by atoms with Crippen LogP contribution in [0.1, 0.15) is 39.0 Å². The summed E-state index contributed by atoms with van der Waals surface area (Å²) in [7, 11) is 0. The minimum atomic E-state index is -0.00599. The Morgan fingerprint density at radius 1 is 1.28 bits per heavy atom. The van der Waals surface area contributed by atoms with E-state index in [-0.39, 0.29) is 17.9 Å². The number of likely N-dealkylation sites (N-methyl/N-ethyl adjacent to an activating group) is 1. The summed E-state index contributed by atoms with van der Waals surface area (Å²) >= 11 is 0. The summed E-state index contributed by atoms with van der Waals surface area (Å²) in [6, 6.07) is 0.196. The fourth-order valence-electron chi connectivity index (χ4n) is 3.11. The highest BCUT2D eigenvalue weighted by molar-refractivity contribution is 5.79. The van der Waals surface area contributed by atoms with Crippen molar-refractivity contribution in [2.24, 2.45) is 11.8 Å². The summed E-state index contributed by atoms with van der Waals surface area (Å²) in [5.74, 6) is 1.000. The number of carbonyl (C=O) groups is 1. The highest BCUT2D eigenvalue weighted by atomic mass is 16.5. The average molecular weight is 254 g/mol. The van der Waals surface area contributed by atoms with Crippen molar-refractivity contribution < 1.29 is 9.53 Å². The Bertz CT molecular complexity index is 265. The van der Waals surface area contributed by atoms with Crippen molar-refractivity contribution in [1.29, 1.82) is 0 Å². The molecule has 1 saturated heterocycles. The fourth-order valence-corrected chi connectivity index (χ4v) is 3.11. The highest BCUT2D eigenvalue weighted by Crippen LogP contribution is 2.27. The predicted octanol–water partition coefficient (Wildman–Crippen LogP) is 1.31. The van der Waals surface area contributed by atoms with E-state index >= 15 is 0 Å². The smallest absolute Gasteiger partial charge is 0.227 e. The number of nitrogens with one attached hydrogen (secondary N) is 2. The minimum Gasteiger partial charge on any atom is -0.379 e. The molecule has 0 bridgehead atoms. The quantitative estimate of drug-likeness (QED) is 0.751. The third-order valence-electron chi connectivity index (χ3n) is 4.21. The monoisotopic (exact) mass is 254 g/mol. The molecule has 2 N–H and O–H groups in total. The molecule has 2 atom stereocenters. The maximum absolute atomic E-state index is 12.1. The van der Waals surface area contributed by atoms with Gasteiger partial charge in [-0.1, -0.05) is 32.6 Å². The number of amides is 1. The fraction of sp³-hybridized carbons (Fsp3) is 0.929. The molecule has 0 aromatic carbocycles. The molecule has 2 unspecified atom stereocenters. The molecule has 2 fully saturated rings. The van der Waals surface area contributed by atoms with Crippen molar-refractivity contribution in [3.63, 3.8) is 0 Å². The van der Waals surface area contributed by atoms with Gasteiger partial charge in [-0.25, -0.2) is 0 Å². The van der Waals surface area contributed by atoms with Gasteiger partial charge in [0.2, 0.25) is 5.91 Å². The Morgan fingerprint density at radius 2 is 2.06 bits per heavy atom. The molecule has 1 heterocycles. The molecule has 2 aliphatic rings. The molecule has 104 valence electrons. The van der Waals surface area contributed by atoms with Gasteiger partial charge in [-0.3, -0.25) is 4.79 Å². The van der Waals surface area contributed by atoms with Crippen LogP contribution in [-0.4, -0.2) is 38.3 Å². The number of rotatable bonds is 6. The first-order chi connectivity index (χ1) is 8.81. The van der Waals surface area contributed by atoms with Gasteiger partial charge in [-0.05, 0) is 18.9 Å². The largest absolute Gasteiger partial charge is 0.379 e. The lowest BCUT2D eigenvalue weighted by Gasteiger charge is -2.18. The van der Waals surface area contributed by atoms with Crippen LogP contribution in [0, 0.1) is 11.8 Å². The topological polar surface area (TPSA) is 50.4 Å². The van der Waals surface area contributed by atoms with Crippen molar-refractivity contribution >= 4 is 5.91 Å². The van der Waals surface area contributed by atoms with Crippen LogP contribution in [0.3, 0.4) is 0 Å². The maximum atomic E-state index is 12.1. The maximum Gasteiger partial charge on any atom is 0.227 e. The van der Waals surface area contributed by atoms with E-state index in [1.54, 1.807) is 0 Å². The normalized spacial score (nSPS) is 28.7. The molecule has 2 rings (SSSR count). The van der Waals surface area contributed by atoms with Gasteiger partial charge in [0.25, 0.3) is 0 Å². The third-order valence-corrected chi connectivity index (χ3v) is 4.21. The van der Waals surface area contributed by atoms with Crippen molar-refractivity contribution in [2.75, 3.05) is 26.3 Å². The minimum absolute atomic E-state index is 0.00599. The van der Waals surface area contributed by atoms with Gasteiger partial charge in [0.05, 0.1) is 19.1 Å². The van der Waals surface area contributed by atoms with Gasteiger partial charge >= 0.3 is 0 Å². The molecule has 4 heteroatoms. The van der Waals surface area contributed by atoms with Gasteiger partial charge in [-0.15, -0.1) is 0 Å². The first-order valence-electron chi connectivity index (χ1n) is 7.40. The van der Waals surface area contributed by atoms with Crippen molar-refractivity contribution in [3.05, 3.63) is 0 Å². The summed E-state index contributed by atoms with van der Waals surface area (Å²) in [5, 5.41) is 6.40. The van der Waals surface area contributed by atoms with Crippen LogP contribution in [0.25, 0.3) is 0 Å². The zero-order valence-electron chi connectivity index (χ0n) is 11.4. The summed E-state index contributed by atoms with van der Waals surface area (Å²) in [5.41, 5.74) is 0. The predicted molar refractivity (Wildman–Crippen MR) is 71.4 cm³/mol. The lowest BCUT2D eigenvalue weighted by molar-refractivity contribution is -0.125. The molecular weight excluding hydrogens is 228 g/mol. The van der Waals surface area contributed by atoms with Gasteiger partial charge in [0.1, 0.15) is 0 Å². The van der Waals surface area contributed by atoms with Crippen LogP contribution in [0.4, 0.5) is 0 Å². The Balaban J connectivity index is 1.66. The van der Waals surface area contributed by atoms with Crippen LogP contribution in [0.2, 0.25) is 0 Å². The third kappa shape index (κ3) is 3.69. The highest BCUT2D eigenvalue weighted by Gasteiger charge is 2.33. The summed E-state index contributed by atoms with van der Waals surface area (Å²) in [6.45, 7) is 5.01. The zero-order chi connectivity index (χ0) is 12.8. The molecular formula is C14H26N2O2. The van der Waals surface area contributed by atoms with Crippen LogP contribution in [0.15, 0.2) is 0 Å². The second-order valence-corrected chi connectivity index (χ2v) is 5.54. The van der Waals surface area contributed by atoms with Gasteiger partial charge in [-0.2, -0.15) is 0 Å². The molecule has 4 nitrogen and oxygen atoms in total.